The van der Waals surface area contributed by atoms with E-state index in [1.807, 2.05) is 75.5 Å². The molecule has 6 nitrogen and oxygen atoms in total. The minimum absolute atomic E-state index is 0.591. The Labute approximate surface area is 198 Å². The largest absolute Gasteiger partial charge is 0.283 e. The van der Waals surface area contributed by atoms with Crippen molar-refractivity contribution in [2.75, 3.05) is 7.05 Å². The van der Waals surface area contributed by atoms with E-state index in [4.69, 9.17) is 28.9 Å². The van der Waals surface area contributed by atoms with Gasteiger partial charge in [-0.15, -0.1) is 0 Å². The van der Waals surface area contributed by atoms with Gasteiger partial charge in [-0.3, -0.25) is 14.1 Å². The summed E-state index contributed by atoms with van der Waals surface area (Å²) >= 11 is 12.1. The van der Waals surface area contributed by atoms with E-state index < -0.39 is 0 Å². The van der Waals surface area contributed by atoms with E-state index in [1.54, 1.807) is 0 Å². The number of halogens is 1. The summed E-state index contributed by atoms with van der Waals surface area (Å²) in [6, 6.07) is 18.0. The van der Waals surface area contributed by atoms with Crippen LogP contribution in [-0.2, 0) is 19.8 Å². The van der Waals surface area contributed by atoms with Crippen molar-refractivity contribution in [1.82, 2.24) is 29.0 Å². The zero-order valence-corrected chi connectivity index (χ0v) is 20.4. The first-order chi connectivity index (χ1) is 15.3. The van der Waals surface area contributed by atoms with E-state index in [0.717, 1.165) is 40.0 Å². The lowest BCUT2D eigenvalue weighted by Gasteiger charge is -2.17. The quantitative estimate of drug-likeness (QED) is 0.346. The van der Waals surface area contributed by atoms with E-state index >= 15 is 0 Å². The Morgan fingerprint density at radius 1 is 0.938 bits per heavy atom. The molecule has 0 saturated carbocycles. The molecule has 8 heteroatoms. The van der Waals surface area contributed by atoms with Crippen LogP contribution in [0.25, 0.3) is 5.69 Å². The smallest absolute Gasteiger partial charge is 0.203 e. The second-order valence-electron chi connectivity index (χ2n) is 8.05. The molecule has 0 aliphatic rings. The van der Waals surface area contributed by atoms with E-state index in [0.29, 0.717) is 18.0 Å². The number of hydrogen-bond acceptors (Lipinski definition) is 4. The second kappa shape index (κ2) is 9.40. The first-order valence-corrected chi connectivity index (χ1v) is 11.3. The molecule has 0 saturated heterocycles. The van der Waals surface area contributed by atoms with Crippen LogP contribution in [0.3, 0.4) is 0 Å². The number of para-hydroxylation sites is 1. The highest BCUT2D eigenvalue weighted by Crippen LogP contribution is 2.21. The molecule has 32 heavy (non-hydrogen) atoms. The third-order valence-electron chi connectivity index (χ3n) is 5.63. The zero-order valence-electron chi connectivity index (χ0n) is 18.8. The molecule has 0 amide bonds. The molecule has 4 aromatic rings. The molecule has 0 radical (unpaired) electrons. The Hall–Kier alpha value is -2.74. The summed E-state index contributed by atoms with van der Waals surface area (Å²) in [5.41, 5.74) is 5.47. The summed E-state index contributed by atoms with van der Waals surface area (Å²) in [6.07, 6.45) is 0. The molecule has 0 fully saturated rings. The molecule has 0 spiro atoms. The highest BCUT2D eigenvalue weighted by molar-refractivity contribution is 7.71. The van der Waals surface area contributed by atoms with Crippen LogP contribution in [0.15, 0.2) is 54.6 Å². The molecule has 2 heterocycles. The van der Waals surface area contributed by atoms with Crippen molar-refractivity contribution in [3.8, 4) is 5.69 Å². The molecule has 0 aliphatic carbocycles. The monoisotopic (exact) mass is 466 g/mol. The van der Waals surface area contributed by atoms with Gasteiger partial charge in [0.15, 0.2) is 0 Å². The Morgan fingerprint density at radius 2 is 1.62 bits per heavy atom. The molecule has 166 valence electrons. The SMILES string of the molecule is Cc1nn(Cc2ccccc2Cl)c(C)c1CN(C)Cn1nc(C)n(-c2ccccc2)c1=S. The van der Waals surface area contributed by atoms with Crippen molar-refractivity contribution >= 4 is 23.8 Å². The molecular formula is C24H27ClN6S. The Morgan fingerprint density at radius 3 is 2.34 bits per heavy atom. The van der Waals surface area contributed by atoms with E-state index in [-0.39, 0.29) is 0 Å². The van der Waals surface area contributed by atoms with Gasteiger partial charge in [-0.25, -0.2) is 4.68 Å². The number of nitrogens with zero attached hydrogens (tertiary/aromatic N) is 6. The molecule has 0 bridgehead atoms. The Balaban J connectivity index is 1.52. The Bertz CT molecular complexity index is 1290. The lowest BCUT2D eigenvalue weighted by Crippen LogP contribution is -2.23. The van der Waals surface area contributed by atoms with Crippen LogP contribution in [0.5, 0.6) is 0 Å². The van der Waals surface area contributed by atoms with Crippen LogP contribution in [0.4, 0.5) is 0 Å². The molecule has 0 atom stereocenters. The molecule has 2 aromatic carbocycles. The number of aryl methyl sites for hydroxylation is 2. The van der Waals surface area contributed by atoms with E-state index in [1.165, 1.54) is 5.56 Å². The third kappa shape index (κ3) is 4.55. The van der Waals surface area contributed by atoms with Gasteiger partial charge in [0.1, 0.15) is 5.82 Å². The van der Waals surface area contributed by atoms with Gasteiger partial charge in [0.25, 0.3) is 0 Å². The second-order valence-corrected chi connectivity index (χ2v) is 8.83. The highest BCUT2D eigenvalue weighted by atomic mass is 35.5. The van der Waals surface area contributed by atoms with Crippen LogP contribution in [0.2, 0.25) is 5.02 Å². The minimum atomic E-state index is 0.591. The van der Waals surface area contributed by atoms with Gasteiger partial charge in [0.05, 0.1) is 18.9 Å². The lowest BCUT2D eigenvalue weighted by atomic mass is 10.2. The topological polar surface area (TPSA) is 43.8 Å². The number of benzene rings is 2. The van der Waals surface area contributed by atoms with Crippen molar-refractivity contribution < 1.29 is 0 Å². The number of aromatic nitrogens is 5. The summed E-state index contributed by atoms with van der Waals surface area (Å²) in [5.74, 6) is 0.870. The van der Waals surface area contributed by atoms with Gasteiger partial charge in [-0.2, -0.15) is 10.2 Å². The summed E-state index contributed by atoms with van der Waals surface area (Å²) in [6.45, 7) is 8.14. The van der Waals surface area contributed by atoms with Gasteiger partial charge in [0.2, 0.25) is 4.77 Å². The van der Waals surface area contributed by atoms with Crippen molar-refractivity contribution in [3.05, 3.63) is 92.7 Å². The van der Waals surface area contributed by atoms with E-state index in [2.05, 4.69) is 30.9 Å². The van der Waals surface area contributed by atoms with Crippen molar-refractivity contribution in [1.29, 1.82) is 0 Å². The van der Waals surface area contributed by atoms with Gasteiger partial charge >= 0.3 is 0 Å². The van der Waals surface area contributed by atoms with Gasteiger partial charge < -0.3 is 0 Å². The minimum Gasteiger partial charge on any atom is -0.283 e. The number of rotatable bonds is 7. The molecule has 4 rings (SSSR count). The van der Waals surface area contributed by atoms with E-state index in [9.17, 15) is 0 Å². The maximum absolute atomic E-state index is 6.35. The average molecular weight is 467 g/mol. The van der Waals surface area contributed by atoms with Gasteiger partial charge in [0, 0.05) is 28.5 Å². The van der Waals surface area contributed by atoms with Crippen molar-refractivity contribution in [2.45, 2.75) is 40.5 Å². The maximum Gasteiger partial charge on any atom is 0.203 e. The molecular weight excluding hydrogens is 440 g/mol. The fourth-order valence-corrected chi connectivity index (χ4v) is 4.47. The predicted molar refractivity (Wildman–Crippen MR) is 131 cm³/mol. The fourth-order valence-electron chi connectivity index (χ4n) is 3.94. The molecule has 0 N–H and O–H groups in total. The fraction of sp³-hybridized carbons (Fsp3) is 0.292. The summed E-state index contributed by atoms with van der Waals surface area (Å²) < 4.78 is 6.58. The van der Waals surface area contributed by atoms with Crippen LogP contribution >= 0.6 is 23.8 Å². The normalized spacial score (nSPS) is 11.4. The molecule has 0 unspecified atom stereocenters. The summed E-state index contributed by atoms with van der Waals surface area (Å²) in [5, 5.41) is 10.2. The van der Waals surface area contributed by atoms with Crippen LogP contribution in [0.1, 0.15) is 28.3 Å². The van der Waals surface area contributed by atoms with Crippen molar-refractivity contribution in [2.24, 2.45) is 0 Å². The molecule has 2 aromatic heterocycles. The van der Waals surface area contributed by atoms with Gasteiger partial charge in [-0.1, -0.05) is 48.0 Å². The number of hydrogen-bond donors (Lipinski definition) is 0. The third-order valence-corrected chi connectivity index (χ3v) is 6.39. The zero-order chi connectivity index (χ0) is 22.8. The Kier molecular flexibility index (Phi) is 6.60. The van der Waals surface area contributed by atoms with Crippen LogP contribution in [0, 0.1) is 25.5 Å². The summed E-state index contributed by atoms with van der Waals surface area (Å²) in [4.78, 5) is 2.20. The highest BCUT2D eigenvalue weighted by Gasteiger charge is 2.16. The van der Waals surface area contributed by atoms with Crippen LogP contribution in [-0.4, -0.2) is 36.1 Å². The standard InChI is InChI=1S/C24H27ClN6S/c1-17-22(18(2)29(26-17)14-20-10-8-9-13-23(20)25)15-28(4)16-30-24(32)31(19(3)27-30)21-11-6-5-7-12-21/h5-13H,14-16H2,1-4H3. The first kappa shape index (κ1) is 22.5. The summed E-state index contributed by atoms with van der Waals surface area (Å²) in [7, 11) is 2.07. The molecule has 0 aliphatic heterocycles. The van der Waals surface area contributed by atoms with Crippen LogP contribution < -0.4 is 0 Å². The van der Waals surface area contributed by atoms with Crippen molar-refractivity contribution in [3.63, 3.8) is 0 Å². The first-order valence-electron chi connectivity index (χ1n) is 10.5. The maximum atomic E-state index is 6.35. The average Bonchev–Trinajstić information content (AvgIpc) is 3.19. The van der Waals surface area contributed by atoms with Gasteiger partial charge in [-0.05, 0) is 63.8 Å². The predicted octanol–water partition coefficient (Wildman–Crippen LogP) is 5.32. The lowest BCUT2D eigenvalue weighted by molar-refractivity contribution is 0.243.